The van der Waals surface area contributed by atoms with E-state index < -0.39 is 0 Å². The van der Waals surface area contributed by atoms with Crippen LogP contribution in [-0.4, -0.2) is 50.1 Å². The van der Waals surface area contributed by atoms with Gasteiger partial charge in [0.25, 0.3) is 0 Å². The fraction of sp³-hybridized carbons (Fsp3) is 0.625. The Morgan fingerprint density at radius 3 is 2.91 bits per heavy atom. The molecule has 0 aromatic carbocycles. The monoisotopic (exact) mass is 417 g/mol. The van der Waals surface area contributed by atoms with Crippen LogP contribution in [0.5, 0.6) is 0 Å². The van der Waals surface area contributed by atoms with Crippen LogP contribution in [0.1, 0.15) is 25.3 Å². The number of hydrogen-bond acceptors (Lipinski definition) is 3. The Hall–Kier alpha value is -1.05. The van der Waals surface area contributed by atoms with Crippen molar-refractivity contribution < 1.29 is 0 Å². The zero-order valence-corrected chi connectivity index (χ0v) is 16.4. The van der Waals surface area contributed by atoms with Crippen molar-refractivity contribution in [2.24, 2.45) is 10.9 Å². The second-order valence-corrected chi connectivity index (χ2v) is 5.97. The summed E-state index contributed by atoms with van der Waals surface area (Å²) in [5.74, 6) is 2.75. The average molecular weight is 417 g/mol. The summed E-state index contributed by atoms with van der Waals surface area (Å²) < 4.78 is 0. The standard InChI is InChI=1S/C16H27N5.HI/c1-13-7-6-10-21(12-13)16(17-2)19-11-14-8-5-9-18-15(14)20(3)4;/h5,8-9,13H,6-7,10-12H2,1-4H3,(H,17,19);1H. The fourth-order valence-corrected chi connectivity index (χ4v) is 2.86. The van der Waals surface area contributed by atoms with Gasteiger partial charge < -0.3 is 15.1 Å². The molecular formula is C16H28IN5. The van der Waals surface area contributed by atoms with Crippen molar-refractivity contribution in [3.05, 3.63) is 23.9 Å². The normalized spacial score (nSPS) is 18.6. The minimum absolute atomic E-state index is 0. The number of aromatic nitrogens is 1. The molecule has 1 N–H and O–H groups in total. The van der Waals surface area contributed by atoms with Crippen LogP contribution >= 0.6 is 24.0 Å². The molecule has 0 saturated carbocycles. The Morgan fingerprint density at radius 2 is 2.27 bits per heavy atom. The van der Waals surface area contributed by atoms with Crippen LogP contribution in [0.15, 0.2) is 23.3 Å². The summed E-state index contributed by atoms with van der Waals surface area (Å²) in [6, 6.07) is 4.09. The SMILES string of the molecule is CN=C(NCc1cccnc1N(C)C)N1CCCC(C)C1.I. The van der Waals surface area contributed by atoms with Crippen LogP contribution < -0.4 is 10.2 Å². The van der Waals surface area contributed by atoms with Gasteiger partial charge in [-0.2, -0.15) is 0 Å². The number of likely N-dealkylation sites (tertiary alicyclic amines) is 1. The summed E-state index contributed by atoms with van der Waals surface area (Å²) >= 11 is 0. The van der Waals surface area contributed by atoms with E-state index in [1.54, 1.807) is 0 Å². The van der Waals surface area contributed by atoms with Crippen LogP contribution in [0.25, 0.3) is 0 Å². The maximum absolute atomic E-state index is 4.44. The van der Waals surface area contributed by atoms with Gasteiger partial charge in [-0.3, -0.25) is 4.99 Å². The average Bonchev–Trinajstić information content (AvgIpc) is 2.48. The van der Waals surface area contributed by atoms with Crippen molar-refractivity contribution in [3.8, 4) is 0 Å². The first-order valence-electron chi connectivity index (χ1n) is 7.68. The lowest BCUT2D eigenvalue weighted by Crippen LogP contribution is -2.46. The highest BCUT2D eigenvalue weighted by Gasteiger charge is 2.19. The molecule has 0 bridgehead atoms. The Kier molecular flexibility index (Phi) is 7.92. The lowest BCUT2D eigenvalue weighted by atomic mass is 10.0. The molecule has 1 atom stereocenters. The number of rotatable bonds is 3. The molecule has 1 aliphatic rings. The maximum atomic E-state index is 4.44. The molecule has 1 aromatic heterocycles. The second-order valence-electron chi connectivity index (χ2n) is 5.97. The third kappa shape index (κ3) is 5.00. The van der Waals surface area contributed by atoms with Crippen molar-refractivity contribution >= 4 is 35.8 Å². The van der Waals surface area contributed by atoms with Gasteiger partial charge in [0, 0.05) is 52.5 Å². The molecule has 5 nitrogen and oxygen atoms in total. The van der Waals surface area contributed by atoms with E-state index in [9.17, 15) is 0 Å². The summed E-state index contributed by atoms with van der Waals surface area (Å²) in [6.07, 6.45) is 4.40. The molecule has 22 heavy (non-hydrogen) atoms. The molecule has 1 fully saturated rings. The molecule has 1 aliphatic heterocycles. The topological polar surface area (TPSA) is 43.8 Å². The lowest BCUT2D eigenvalue weighted by Gasteiger charge is -2.33. The quantitative estimate of drug-likeness (QED) is 0.467. The summed E-state index contributed by atoms with van der Waals surface area (Å²) in [7, 11) is 5.90. The van der Waals surface area contributed by atoms with Crippen molar-refractivity contribution in [2.45, 2.75) is 26.3 Å². The lowest BCUT2D eigenvalue weighted by molar-refractivity contribution is 0.266. The highest BCUT2D eigenvalue weighted by molar-refractivity contribution is 14.0. The van der Waals surface area contributed by atoms with Gasteiger partial charge >= 0.3 is 0 Å². The molecule has 6 heteroatoms. The third-order valence-electron chi connectivity index (χ3n) is 3.90. The summed E-state index contributed by atoms with van der Waals surface area (Å²) in [5, 5.41) is 3.48. The summed E-state index contributed by atoms with van der Waals surface area (Å²) in [4.78, 5) is 13.3. The Labute approximate surface area is 151 Å². The number of halogens is 1. The van der Waals surface area contributed by atoms with Gasteiger partial charge in [0.05, 0.1) is 0 Å². The first kappa shape index (κ1) is 19.0. The van der Waals surface area contributed by atoms with Crippen molar-refractivity contribution in [2.75, 3.05) is 39.1 Å². The Bertz CT molecular complexity index is 489. The van der Waals surface area contributed by atoms with Gasteiger partial charge in [0.1, 0.15) is 5.82 Å². The van der Waals surface area contributed by atoms with Gasteiger partial charge in [0.2, 0.25) is 0 Å². The minimum Gasteiger partial charge on any atom is -0.362 e. The van der Waals surface area contributed by atoms with E-state index in [-0.39, 0.29) is 24.0 Å². The van der Waals surface area contributed by atoms with Gasteiger partial charge in [0.15, 0.2) is 5.96 Å². The number of hydrogen-bond donors (Lipinski definition) is 1. The molecule has 0 aliphatic carbocycles. The molecule has 1 unspecified atom stereocenters. The predicted octanol–water partition coefficient (Wildman–Crippen LogP) is 2.57. The molecule has 2 rings (SSSR count). The number of aliphatic imine (C=N–C) groups is 1. The number of pyridine rings is 1. The van der Waals surface area contributed by atoms with Gasteiger partial charge in [-0.05, 0) is 24.8 Å². The summed E-state index contributed by atoms with van der Waals surface area (Å²) in [5.41, 5.74) is 1.19. The van der Waals surface area contributed by atoms with E-state index in [1.165, 1.54) is 18.4 Å². The van der Waals surface area contributed by atoms with Crippen LogP contribution in [0.2, 0.25) is 0 Å². The Morgan fingerprint density at radius 1 is 1.50 bits per heavy atom. The first-order chi connectivity index (χ1) is 10.1. The van der Waals surface area contributed by atoms with E-state index >= 15 is 0 Å². The van der Waals surface area contributed by atoms with E-state index in [1.807, 2.05) is 38.3 Å². The highest BCUT2D eigenvalue weighted by Crippen LogP contribution is 2.17. The Balaban J connectivity index is 0.00000242. The molecule has 1 aromatic rings. The fourth-order valence-electron chi connectivity index (χ4n) is 2.86. The van der Waals surface area contributed by atoms with Gasteiger partial charge in [-0.1, -0.05) is 13.0 Å². The molecule has 0 spiro atoms. The zero-order chi connectivity index (χ0) is 15.2. The number of guanidine groups is 1. The second kappa shape index (κ2) is 9.17. The molecular weight excluding hydrogens is 389 g/mol. The number of piperidine rings is 1. The summed E-state index contributed by atoms with van der Waals surface area (Å²) in [6.45, 7) is 5.24. The largest absolute Gasteiger partial charge is 0.362 e. The molecule has 0 amide bonds. The maximum Gasteiger partial charge on any atom is 0.193 e. The van der Waals surface area contributed by atoms with Crippen LogP contribution in [0.3, 0.4) is 0 Å². The number of nitrogens with one attached hydrogen (secondary N) is 1. The minimum atomic E-state index is 0. The van der Waals surface area contributed by atoms with Crippen molar-refractivity contribution in [1.29, 1.82) is 0 Å². The van der Waals surface area contributed by atoms with Gasteiger partial charge in [-0.15, -0.1) is 24.0 Å². The van der Waals surface area contributed by atoms with Crippen LogP contribution in [0, 0.1) is 5.92 Å². The van der Waals surface area contributed by atoms with E-state index in [0.717, 1.165) is 37.3 Å². The van der Waals surface area contributed by atoms with Crippen LogP contribution in [-0.2, 0) is 6.54 Å². The van der Waals surface area contributed by atoms with E-state index in [0.29, 0.717) is 0 Å². The van der Waals surface area contributed by atoms with Crippen molar-refractivity contribution in [1.82, 2.24) is 15.2 Å². The van der Waals surface area contributed by atoms with Crippen molar-refractivity contribution in [3.63, 3.8) is 0 Å². The molecule has 0 radical (unpaired) electrons. The third-order valence-corrected chi connectivity index (χ3v) is 3.90. The van der Waals surface area contributed by atoms with E-state index in [4.69, 9.17) is 0 Å². The molecule has 1 saturated heterocycles. The number of nitrogens with zero attached hydrogens (tertiary/aromatic N) is 4. The highest BCUT2D eigenvalue weighted by atomic mass is 127. The van der Waals surface area contributed by atoms with Gasteiger partial charge in [-0.25, -0.2) is 4.98 Å². The smallest absolute Gasteiger partial charge is 0.193 e. The van der Waals surface area contributed by atoms with Crippen LogP contribution in [0.4, 0.5) is 5.82 Å². The molecule has 124 valence electrons. The molecule has 2 heterocycles. The zero-order valence-electron chi connectivity index (χ0n) is 14.0. The van der Waals surface area contributed by atoms with E-state index in [2.05, 4.69) is 33.2 Å². The number of anilines is 1. The predicted molar refractivity (Wildman–Crippen MR) is 104 cm³/mol. The first-order valence-corrected chi connectivity index (χ1v) is 7.68.